The molecule has 1 amide bonds. The molecule has 1 heterocycles. The van der Waals surface area contributed by atoms with Gasteiger partial charge in [0.25, 0.3) is 5.91 Å². The topological polar surface area (TPSA) is 72.8 Å². The Balaban J connectivity index is 2.14. The first-order chi connectivity index (χ1) is 9.61. The van der Waals surface area contributed by atoms with Crippen molar-refractivity contribution >= 4 is 28.5 Å². The van der Waals surface area contributed by atoms with Gasteiger partial charge in [0.1, 0.15) is 5.75 Å². The van der Waals surface area contributed by atoms with E-state index in [4.69, 9.17) is 5.11 Å². The number of amides is 1. The molecule has 1 aromatic carbocycles. The van der Waals surface area contributed by atoms with Gasteiger partial charge in [0.2, 0.25) is 0 Å². The van der Waals surface area contributed by atoms with Gasteiger partial charge in [-0.15, -0.1) is 0 Å². The maximum absolute atomic E-state index is 12.5. The second-order valence-corrected chi connectivity index (χ2v) is 6.18. The van der Waals surface area contributed by atoms with E-state index in [1.165, 1.54) is 6.07 Å². The summed E-state index contributed by atoms with van der Waals surface area (Å²) < 4.78 is 0.895. The maximum Gasteiger partial charge on any atom is 0.257 e. The minimum absolute atomic E-state index is 0.0160. The molecule has 1 fully saturated rings. The van der Waals surface area contributed by atoms with E-state index < -0.39 is 0 Å². The zero-order valence-electron chi connectivity index (χ0n) is 11.2. The van der Waals surface area contributed by atoms with Crippen LogP contribution < -0.4 is 5.32 Å². The number of phenolic OH excluding ortho intramolecular Hbond substituents is 1. The predicted octanol–water partition coefficient (Wildman–Crippen LogP) is 1.18. The van der Waals surface area contributed by atoms with Crippen molar-refractivity contribution in [2.75, 3.05) is 26.2 Å². The maximum atomic E-state index is 12.5. The molecular weight excluding hydrogens is 371 g/mol. The van der Waals surface area contributed by atoms with Gasteiger partial charge in [0, 0.05) is 22.7 Å². The van der Waals surface area contributed by atoms with Gasteiger partial charge in [0.05, 0.1) is 12.2 Å². The number of halogens is 1. The number of rotatable bonds is 5. The van der Waals surface area contributed by atoms with Crippen LogP contribution in [0.4, 0.5) is 0 Å². The fraction of sp³-hybridized carbons (Fsp3) is 0.500. The molecule has 0 radical (unpaired) electrons. The van der Waals surface area contributed by atoms with Crippen molar-refractivity contribution in [3.05, 3.63) is 27.3 Å². The van der Waals surface area contributed by atoms with Gasteiger partial charge in [-0.25, -0.2) is 0 Å². The second-order valence-electron chi connectivity index (χ2n) is 4.93. The number of phenols is 1. The Hall–Kier alpha value is -0.860. The third kappa shape index (κ3) is 3.83. The van der Waals surface area contributed by atoms with Gasteiger partial charge in [-0.3, -0.25) is 4.79 Å². The van der Waals surface area contributed by atoms with Crippen LogP contribution in [0.5, 0.6) is 5.75 Å². The predicted molar refractivity (Wildman–Crippen MR) is 84.8 cm³/mol. The van der Waals surface area contributed by atoms with Crippen LogP contribution in [0.1, 0.15) is 23.2 Å². The lowest BCUT2D eigenvalue weighted by Crippen LogP contribution is -2.42. The van der Waals surface area contributed by atoms with Gasteiger partial charge >= 0.3 is 0 Å². The fourth-order valence-electron chi connectivity index (χ4n) is 2.42. The second kappa shape index (κ2) is 7.24. The first-order valence-corrected chi connectivity index (χ1v) is 7.81. The number of carbonyl (C=O) groups is 1. The van der Waals surface area contributed by atoms with Crippen LogP contribution >= 0.6 is 22.6 Å². The van der Waals surface area contributed by atoms with Crippen molar-refractivity contribution in [2.45, 2.75) is 18.9 Å². The molecule has 110 valence electrons. The van der Waals surface area contributed by atoms with Crippen LogP contribution in [0.25, 0.3) is 0 Å². The highest BCUT2D eigenvalue weighted by molar-refractivity contribution is 14.1. The summed E-state index contributed by atoms with van der Waals surface area (Å²) in [6.45, 7) is 1.73. The molecular formula is C14H19IN2O3. The van der Waals surface area contributed by atoms with Gasteiger partial charge in [-0.2, -0.15) is 0 Å². The van der Waals surface area contributed by atoms with Crippen LogP contribution in [0.3, 0.4) is 0 Å². The Morgan fingerprint density at radius 2 is 2.30 bits per heavy atom. The van der Waals surface area contributed by atoms with E-state index in [9.17, 15) is 9.90 Å². The van der Waals surface area contributed by atoms with E-state index >= 15 is 0 Å². The quantitative estimate of drug-likeness (QED) is 0.661. The number of nitrogens with zero attached hydrogens (tertiary/aromatic N) is 1. The number of aliphatic hydroxyl groups excluding tert-OH is 1. The molecule has 1 aromatic rings. The van der Waals surface area contributed by atoms with Gasteiger partial charge < -0.3 is 20.4 Å². The molecule has 1 aliphatic heterocycles. The minimum atomic E-state index is -0.233. The van der Waals surface area contributed by atoms with Gasteiger partial charge in [-0.1, -0.05) is 0 Å². The molecule has 0 aromatic heterocycles. The standard InChI is InChI=1S/C14H19IN2O3/c15-10-3-4-13(19)12(8-10)14(20)17(6-7-18)9-11-2-1-5-16-11/h3-4,8,11,16,18-19H,1-2,5-7,9H2. The van der Waals surface area contributed by atoms with E-state index in [0.29, 0.717) is 12.1 Å². The smallest absolute Gasteiger partial charge is 0.257 e. The van der Waals surface area contributed by atoms with E-state index in [2.05, 4.69) is 27.9 Å². The SMILES string of the molecule is O=C(c1cc(I)ccc1O)N(CCO)CC1CCCN1. The molecule has 1 unspecified atom stereocenters. The summed E-state index contributed by atoms with van der Waals surface area (Å²) in [5.41, 5.74) is 0.295. The molecule has 0 bridgehead atoms. The van der Waals surface area contributed by atoms with E-state index in [1.54, 1.807) is 17.0 Å². The van der Waals surface area contributed by atoms with Crippen LogP contribution in [0, 0.1) is 3.57 Å². The zero-order valence-corrected chi connectivity index (χ0v) is 13.3. The normalized spacial score (nSPS) is 18.2. The van der Waals surface area contributed by atoms with Crippen molar-refractivity contribution in [1.82, 2.24) is 10.2 Å². The Morgan fingerprint density at radius 1 is 1.50 bits per heavy atom. The van der Waals surface area contributed by atoms with E-state index in [1.807, 2.05) is 0 Å². The van der Waals surface area contributed by atoms with Crippen LogP contribution in [-0.2, 0) is 0 Å². The molecule has 0 spiro atoms. The third-order valence-corrected chi connectivity index (χ3v) is 4.12. The number of aromatic hydroxyl groups is 1. The summed E-state index contributed by atoms with van der Waals surface area (Å²) in [6.07, 6.45) is 2.15. The molecule has 20 heavy (non-hydrogen) atoms. The Kier molecular flexibility index (Phi) is 5.62. The Labute approximate surface area is 132 Å². The first kappa shape index (κ1) is 15.5. The van der Waals surface area contributed by atoms with E-state index in [-0.39, 0.29) is 30.9 Å². The van der Waals surface area contributed by atoms with Crippen molar-refractivity contribution < 1.29 is 15.0 Å². The first-order valence-electron chi connectivity index (χ1n) is 6.74. The Morgan fingerprint density at radius 3 is 2.95 bits per heavy atom. The summed E-state index contributed by atoms with van der Waals surface area (Å²) in [6, 6.07) is 5.22. The molecule has 5 nitrogen and oxygen atoms in total. The molecule has 6 heteroatoms. The lowest BCUT2D eigenvalue weighted by Gasteiger charge is -2.25. The molecule has 2 rings (SSSR count). The summed E-state index contributed by atoms with van der Waals surface area (Å²) in [7, 11) is 0. The van der Waals surface area contributed by atoms with Crippen molar-refractivity contribution in [3.8, 4) is 5.75 Å². The average Bonchev–Trinajstić information content (AvgIpc) is 2.93. The number of hydrogen-bond acceptors (Lipinski definition) is 4. The minimum Gasteiger partial charge on any atom is -0.507 e. The lowest BCUT2D eigenvalue weighted by molar-refractivity contribution is 0.0703. The number of hydrogen-bond donors (Lipinski definition) is 3. The molecule has 0 saturated carbocycles. The van der Waals surface area contributed by atoms with Crippen molar-refractivity contribution in [2.24, 2.45) is 0 Å². The summed E-state index contributed by atoms with van der Waals surface area (Å²) in [5.74, 6) is -0.249. The van der Waals surface area contributed by atoms with Crippen LogP contribution in [-0.4, -0.2) is 53.3 Å². The molecule has 1 aliphatic rings. The molecule has 1 atom stereocenters. The molecule has 0 aliphatic carbocycles. The van der Waals surface area contributed by atoms with Gasteiger partial charge in [-0.05, 0) is 60.2 Å². The summed E-state index contributed by atoms with van der Waals surface area (Å²) in [4.78, 5) is 14.1. The lowest BCUT2D eigenvalue weighted by atomic mass is 10.1. The molecule has 1 saturated heterocycles. The van der Waals surface area contributed by atoms with Crippen LogP contribution in [0.2, 0.25) is 0 Å². The monoisotopic (exact) mass is 390 g/mol. The highest BCUT2D eigenvalue weighted by Gasteiger charge is 2.23. The number of aliphatic hydroxyl groups is 1. The highest BCUT2D eigenvalue weighted by Crippen LogP contribution is 2.22. The Bertz CT molecular complexity index is 475. The summed E-state index contributed by atoms with van der Waals surface area (Å²) >= 11 is 2.11. The number of benzene rings is 1. The number of carbonyl (C=O) groups excluding carboxylic acids is 1. The zero-order chi connectivity index (χ0) is 14.5. The third-order valence-electron chi connectivity index (χ3n) is 3.45. The van der Waals surface area contributed by atoms with Gasteiger partial charge in [0.15, 0.2) is 0 Å². The summed E-state index contributed by atoms with van der Waals surface area (Å²) in [5, 5.41) is 22.3. The van der Waals surface area contributed by atoms with E-state index in [0.717, 1.165) is 23.0 Å². The van der Waals surface area contributed by atoms with Crippen molar-refractivity contribution in [1.29, 1.82) is 0 Å². The fourth-order valence-corrected chi connectivity index (χ4v) is 2.92. The number of nitrogens with one attached hydrogen (secondary N) is 1. The molecule has 3 N–H and O–H groups in total. The highest BCUT2D eigenvalue weighted by atomic mass is 127. The van der Waals surface area contributed by atoms with Crippen molar-refractivity contribution in [3.63, 3.8) is 0 Å². The van der Waals surface area contributed by atoms with Crippen LogP contribution in [0.15, 0.2) is 18.2 Å². The average molecular weight is 390 g/mol. The largest absolute Gasteiger partial charge is 0.507 e.